The molecule has 1 aliphatic carbocycles. The van der Waals surface area contributed by atoms with Gasteiger partial charge in [0.25, 0.3) is 0 Å². The average Bonchev–Trinajstić information content (AvgIpc) is 3.21. The van der Waals surface area contributed by atoms with Gasteiger partial charge in [-0.1, -0.05) is 60.1 Å². The summed E-state index contributed by atoms with van der Waals surface area (Å²) < 4.78 is 0. The number of halogens is 2. The Hall–Kier alpha value is -1.54. The summed E-state index contributed by atoms with van der Waals surface area (Å²) in [4.78, 5) is 0. The molecule has 2 atom stereocenters. The molecule has 0 unspecified atom stereocenters. The van der Waals surface area contributed by atoms with Crippen molar-refractivity contribution in [3.63, 3.8) is 0 Å². The smallest absolute Gasteiger partial charge is 0.0486 e. The van der Waals surface area contributed by atoms with E-state index in [-0.39, 0.29) is 17.9 Å². The lowest BCUT2D eigenvalue weighted by atomic mass is 9.97. The van der Waals surface area contributed by atoms with Gasteiger partial charge >= 0.3 is 0 Å². The summed E-state index contributed by atoms with van der Waals surface area (Å²) in [6.45, 7) is 0. The van der Waals surface area contributed by atoms with Crippen LogP contribution in [-0.2, 0) is 5.54 Å². The monoisotopic (exact) mass is 329 g/mol. The highest BCUT2D eigenvalue weighted by Gasteiger charge is 2.52. The molecule has 1 aliphatic rings. The Morgan fingerprint density at radius 1 is 0.909 bits per heavy atom. The molecule has 0 spiro atoms. The van der Waals surface area contributed by atoms with Gasteiger partial charge in [-0.15, -0.1) is 12.4 Å². The fourth-order valence-corrected chi connectivity index (χ4v) is 3.31. The van der Waals surface area contributed by atoms with Crippen molar-refractivity contribution in [3.05, 3.63) is 82.9 Å². The molecule has 0 aliphatic heterocycles. The Morgan fingerprint density at radius 3 is 2.32 bits per heavy atom. The zero-order valence-electron chi connectivity index (χ0n) is 12.0. The highest BCUT2D eigenvalue weighted by Crippen LogP contribution is 2.56. The third kappa shape index (κ3) is 2.50. The Bertz CT molecular complexity index is 813. The quantitative estimate of drug-likeness (QED) is 0.682. The van der Waals surface area contributed by atoms with Crippen molar-refractivity contribution in [1.82, 2.24) is 0 Å². The van der Waals surface area contributed by atoms with Crippen LogP contribution in [0.25, 0.3) is 10.8 Å². The van der Waals surface area contributed by atoms with Gasteiger partial charge in [-0.05, 0) is 46.5 Å². The van der Waals surface area contributed by atoms with Crippen molar-refractivity contribution >= 4 is 34.8 Å². The molecule has 0 radical (unpaired) electrons. The van der Waals surface area contributed by atoms with Gasteiger partial charge in [0.1, 0.15) is 0 Å². The fourth-order valence-electron chi connectivity index (χ4n) is 3.19. The Kier molecular flexibility index (Phi) is 3.90. The van der Waals surface area contributed by atoms with E-state index < -0.39 is 0 Å². The van der Waals surface area contributed by atoms with Crippen LogP contribution in [0.1, 0.15) is 23.5 Å². The van der Waals surface area contributed by atoms with E-state index in [1.54, 1.807) is 0 Å². The first-order valence-corrected chi connectivity index (χ1v) is 7.58. The van der Waals surface area contributed by atoms with Crippen LogP contribution < -0.4 is 5.73 Å². The minimum atomic E-state index is -0.238. The summed E-state index contributed by atoms with van der Waals surface area (Å²) in [5, 5.41) is 3.28. The maximum atomic E-state index is 6.64. The standard InChI is InChI=1S/C19H16ClN.ClH/c20-17-9-6-14(7-10-17)18-12-19(18,21)16-8-5-13-3-1-2-4-15(13)11-16;/h1-11,18H,12,21H2;1H/t18-,19-;/m1./s1. The highest BCUT2D eigenvalue weighted by molar-refractivity contribution is 6.30. The molecule has 1 fully saturated rings. The van der Waals surface area contributed by atoms with Gasteiger partial charge in [0.15, 0.2) is 0 Å². The van der Waals surface area contributed by atoms with Crippen LogP contribution in [0.3, 0.4) is 0 Å². The largest absolute Gasteiger partial charge is 0.321 e. The van der Waals surface area contributed by atoms with Crippen molar-refractivity contribution in [2.45, 2.75) is 17.9 Å². The van der Waals surface area contributed by atoms with E-state index in [4.69, 9.17) is 17.3 Å². The fraction of sp³-hybridized carbons (Fsp3) is 0.158. The second-order valence-electron chi connectivity index (χ2n) is 5.91. The number of hydrogen-bond donors (Lipinski definition) is 1. The predicted molar refractivity (Wildman–Crippen MR) is 95.9 cm³/mol. The van der Waals surface area contributed by atoms with Crippen LogP contribution in [0, 0.1) is 0 Å². The molecule has 0 heterocycles. The predicted octanol–water partition coefficient (Wildman–Crippen LogP) is 5.26. The van der Waals surface area contributed by atoms with Gasteiger partial charge in [-0.25, -0.2) is 0 Å². The highest BCUT2D eigenvalue weighted by atomic mass is 35.5. The van der Waals surface area contributed by atoms with Crippen LogP contribution in [0.5, 0.6) is 0 Å². The van der Waals surface area contributed by atoms with Crippen LogP contribution in [0.15, 0.2) is 66.7 Å². The number of nitrogens with two attached hydrogens (primary N) is 1. The molecule has 4 rings (SSSR count). The zero-order valence-corrected chi connectivity index (χ0v) is 13.6. The minimum absolute atomic E-state index is 0. The molecule has 0 amide bonds. The van der Waals surface area contributed by atoms with Crippen LogP contribution in [0.2, 0.25) is 5.02 Å². The van der Waals surface area contributed by atoms with Gasteiger partial charge in [0.2, 0.25) is 0 Å². The molecule has 1 nitrogen and oxygen atoms in total. The lowest BCUT2D eigenvalue weighted by Gasteiger charge is -2.13. The molecule has 22 heavy (non-hydrogen) atoms. The van der Waals surface area contributed by atoms with E-state index in [1.807, 2.05) is 12.1 Å². The first-order valence-electron chi connectivity index (χ1n) is 7.20. The van der Waals surface area contributed by atoms with E-state index in [0.717, 1.165) is 11.4 Å². The summed E-state index contributed by atoms with van der Waals surface area (Å²) in [5.74, 6) is 0.385. The zero-order chi connectivity index (χ0) is 14.4. The van der Waals surface area contributed by atoms with E-state index in [9.17, 15) is 0 Å². The summed E-state index contributed by atoms with van der Waals surface area (Å²) in [6.07, 6.45) is 0.993. The van der Waals surface area contributed by atoms with Crippen molar-refractivity contribution in [1.29, 1.82) is 0 Å². The van der Waals surface area contributed by atoms with Crippen LogP contribution in [-0.4, -0.2) is 0 Å². The van der Waals surface area contributed by atoms with Crippen LogP contribution in [0.4, 0.5) is 0 Å². The molecular weight excluding hydrogens is 313 g/mol. The molecule has 3 aromatic carbocycles. The molecule has 3 aromatic rings. The maximum absolute atomic E-state index is 6.64. The van der Waals surface area contributed by atoms with Crippen molar-refractivity contribution < 1.29 is 0 Å². The third-order valence-corrected chi connectivity index (χ3v) is 4.81. The molecule has 3 heteroatoms. The van der Waals surface area contributed by atoms with Gasteiger partial charge < -0.3 is 5.73 Å². The van der Waals surface area contributed by atoms with Crippen molar-refractivity contribution in [2.75, 3.05) is 0 Å². The second-order valence-corrected chi connectivity index (χ2v) is 6.35. The molecule has 112 valence electrons. The molecule has 0 saturated heterocycles. The average molecular weight is 330 g/mol. The van der Waals surface area contributed by atoms with Crippen molar-refractivity contribution in [3.8, 4) is 0 Å². The van der Waals surface area contributed by atoms with Crippen molar-refractivity contribution in [2.24, 2.45) is 5.73 Å². The lowest BCUT2D eigenvalue weighted by Crippen LogP contribution is -2.21. The molecule has 0 bridgehead atoms. The third-order valence-electron chi connectivity index (χ3n) is 4.56. The summed E-state index contributed by atoms with van der Waals surface area (Å²) in [5.41, 5.74) is 8.90. The maximum Gasteiger partial charge on any atom is 0.0486 e. The SMILES string of the molecule is Cl.N[C@@]1(c2ccc3ccccc3c2)C[C@@H]1c1ccc(Cl)cc1. The Balaban J connectivity index is 0.00000144. The first-order chi connectivity index (χ1) is 10.2. The minimum Gasteiger partial charge on any atom is -0.321 e. The normalized spacial score (nSPS) is 23.1. The van der Waals surface area contributed by atoms with Gasteiger partial charge in [0, 0.05) is 16.5 Å². The first kappa shape index (κ1) is 15.4. The molecule has 0 aromatic heterocycles. The van der Waals surface area contributed by atoms with Gasteiger partial charge in [0.05, 0.1) is 0 Å². The van der Waals surface area contributed by atoms with E-state index in [1.165, 1.54) is 21.9 Å². The summed E-state index contributed by atoms with van der Waals surface area (Å²) >= 11 is 5.96. The van der Waals surface area contributed by atoms with Gasteiger partial charge in [-0.2, -0.15) is 0 Å². The number of benzene rings is 3. The number of fused-ring (bicyclic) bond motifs is 1. The molecule has 1 saturated carbocycles. The molecule has 2 N–H and O–H groups in total. The number of rotatable bonds is 2. The van der Waals surface area contributed by atoms with E-state index in [0.29, 0.717) is 5.92 Å². The summed E-state index contributed by atoms with van der Waals surface area (Å²) in [7, 11) is 0. The Morgan fingerprint density at radius 2 is 1.59 bits per heavy atom. The topological polar surface area (TPSA) is 26.0 Å². The van der Waals surface area contributed by atoms with E-state index >= 15 is 0 Å². The lowest BCUT2D eigenvalue weighted by molar-refractivity contribution is 0.707. The molecular formula is C19H17Cl2N. The summed E-state index contributed by atoms with van der Waals surface area (Å²) in [6, 6.07) is 23.0. The Labute approximate surface area is 141 Å². The van der Waals surface area contributed by atoms with E-state index in [2.05, 4.69) is 54.6 Å². The van der Waals surface area contributed by atoms with Crippen LogP contribution >= 0.6 is 24.0 Å². The second kappa shape index (κ2) is 5.58. The number of hydrogen-bond acceptors (Lipinski definition) is 1. The van der Waals surface area contributed by atoms with Gasteiger partial charge in [-0.3, -0.25) is 0 Å².